The van der Waals surface area contributed by atoms with Gasteiger partial charge in [0.1, 0.15) is 5.82 Å². The molecule has 19 heavy (non-hydrogen) atoms. The van der Waals surface area contributed by atoms with E-state index in [1.165, 1.54) is 11.8 Å². The molecule has 2 N–H and O–H groups in total. The number of amides is 1. The number of nitrogens with one attached hydrogen (secondary N) is 2. The quantitative estimate of drug-likeness (QED) is 0.902. The van der Waals surface area contributed by atoms with E-state index in [4.69, 9.17) is 0 Å². The van der Waals surface area contributed by atoms with E-state index in [9.17, 15) is 9.18 Å². The van der Waals surface area contributed by atoms with Crippen molar-refractivity contribution in [2.24, 2.45) is 0 Å². The summed E-state index contributed by atoms with van der Waals surface area (Å²) in [5.41, 5.74) is 2.00. The first-order valence-corrected chi connectivity index (χ1v) is 7.27. The van der Waals surface area contributed by atoms with Crippen LogP contribution in [-0.4, -0.2) is 24.0 Å². The molecule has 6 heteroatoms. The van der Waals surface area contributed by atoms with E-state index in [1.54, 1.807) is 13.0 Å². The Bertz CT molecular complexity index is 470. The lowest BCUT2D eigenvalue weighted by Crippen LogP contribution is -2.26. The first-order valence-electron chi connectivity index (χ1n) is 5.98. The van der Waals surface area contributed by atoms with E-state index < -0.39 is 0 Å². The number of anilines is 1. The molecule has 0 saturated carbocycles. The third-order valence-corrected chi connectivity index (χ3v) is 4.11. The van der Waals surface area contributed by atoms with Gasteiger partial charge in [0.2, 0.25) is 5.91 Å². The number of hydrogen-bond acceptors (Lipinski definition) is 3. The monoisotopic (exact) mass is 304 g/mol. The second-order valence-corrected chi connectivity index (χ2v) is 5.54. The lowest BCUT2D eigenvalue weighted by atomic mass is 9.99. The smallest absolute Gasteiger partial charge is 0.237 e. The lowest BCUT2D eigenvalue weighted by Gasteiger charge is -2.20. The van der Waals surface area contributed by atoms with Crippen LogP contribution in [0.5, 0.6) is 0 Å². The average molecular weight is 305 g/mol. The first-order chi connectivity index (χ1) is 8.63. The van der Waals surface area contributed by atoms with Crippen LogP contribution in [0.15, 0.2) is 12.1 Å². The number of carbonyl (C=O) groups excluding carboxylic acids is 1. The highest BCUT2D eigenvalue weighted by molar-refractivity contribution is 7.99. The summed E-state index contributed by atoms with van der Waals surface area (Å²) >= 11 is 1.44. The van der Waals surface area contributed by atoms with Crippen LogP contribution in [0.3, 0.4) is 0 Å². The molecule has 1 aliphatic heterocycles. The average Bonchev–Trinajstić information content (AvgIpc) is 2.41. The fraction of sp³-hybridized carbons (Fsp3) is 0.462. The van der Waals surface area contributed by atoms with Crippen LogP contribution in [0.2, 0.25) is 0 Å². The summed E-state index contributed by atoms with van der Waals surface area (Å²) in [5.74, 6) is -0.439. The van der Waals surface area contributed by atoms with Crippen molar-refractivity contribution < 1.29 is 9.18 Å². The minimum absolute atomic E-state index is 0. The van der Waals surface area contributed by atoms with Gasteiger partial charge in [-0.2, -0.15) is 11.8 Å². The second-order valence-electron chi connectivity index (χ2n) is 4.36. The molecular weight excluding hydrogens is 287 g/mol. The van der Waals surface area contributed by atoms with Gasteiger partial charge in [-0.3, -0.25) is 4.79 Å². The van der Waals surface area contributed by atoms with E-state index in [-0.39, 0.29) is 29.4 Å². The minimum atomic E-state index is -0.282. The van der Waals surface area contributed by atoms with Crippen LogP contribution in [-0.2, 0) is 17.8 Å². The Morgan fingerprint density at radius 2 is 2.26 bits per heavy atom. The first kappa shape index (κ1) is 16.3. The highest BCUT2D eigenvalue weighted by Gasteiger charge is 2.19. The van der Waals surface area contributed by atoms with Crippen molar-refractivity contribution in [3.63, 3.8) is 0 Å². The Morgan fingerprint density at radius 3 is 2.95 bits per heavy atom. The number of thioether (sulfide) groups is 1. The normalized spacial score (nSPS) is 15.1. The largest absolute Gasteiger partial charge is 0.323 e. The minimum Gasteiger partial charge on any atom is -0.323 e. The van der Waals surface area contributed by atoms with E-state index in [2.05, 4.69) is 10.6 Å². The fourth-order valence-electron chi connectivity index (χ4n) is 1.97. The van der Waals surface area contributed by atoms with Gasteiger partial charge in [0.05, 0.1) is 10.9 Å². The zero-order valence-electron chi connectivity index (χ0n) is 11.0. The van der Waals surface area contributed by atoms with Crippen molar-refractivity contribution in [2.75, 3.05) is 18.1 Å². The predicted octanol–water partition coefficient (Wildman–Crippen LogP) is 2.58. The van der Waals surface area contributed by atoms with Crippen molar-refractivity contribution in [2.45, 2.75) is 25.1 Å². The van der Waals surface area contributed by atoms with Gasteiger partial charge < -0.3 is 10.6 Å². The molecule has 1 unspecified atom stereocenters. The molecule has 0 aliphatic carbocycles. The van der Waals surface area contributed by atoms with Crippen LogP contribution in [0.25, 0.3) is 0 Å². The Labute approximate surface area is 123 Å². The molecule has 0 aromatic heterocycles. The van der Waals surface area contributed by atoms with Gasteiger partial charge in [0.15, 0.2) is 0 Å². The summed E-state index contributed by atoms with van der Waals surface area (Å²) < 4.78 is 14.2. The van der Waals surface area contributed by atoms with Crippen LogP contribution in [0, 0.1) is 5.82 Å². The van der Waals surface area contributed by atoms with E-state index in [1.807, 2.05) is 12.3 Å². The molecule has 0 bridgehead atoms. The molecule has 1 aliphatic rings. The zero-order valence-corrected chi connectivity index (χ0v) is 12.6. The van der Waals surface area contributed by atoms with Gasteiger partial charge in [-0.1, -0.05) is 6.07 Å². The number of fused-ring (bicyclic) bond motifs is 1. The summed E-state index contributed by atoms with van der Waals surface area (Å²) in [6, 6.07) is 3.52. The van der Waals surface area contributed by atoms with E-state index in [0.29, 0.717) is 18.7 Å². The summed E-state index contributed by atoms with van der Waals surface area (Å²) in [4.78, 5) is 11.8. The lowest BCUT2D eigenvalue weighted by molar-refractivity contribution is -0.115. The molecule has 0 radical (unpaired) electrons. The molecule has 3 nitrogen and oxygen atoms in total. The van der Waals surface area contributed by atoms with Gasteiger partial charge in [0, 0.05) is 6.54 Å². The molecule has 0 saturated heterocycles. The zero-order chi connectivity index (χ0) is 13.1. The highest BCUT2D eigenvalue weighted by atomic mass is 35.5. The number of carbonyl (C=O) groups is 1. The van der Waals surface area contributed by atoms with Gasteiger partial charge >= 0.3 is 0 Å². The maximum absolute atomic E-state index is 14.2. The van der Waals surface area contributed by atoms with E-state index >= 15 is 0 Å². The van der Waals surface area contributed by atoms with Gasteiger partial charge in [-0.25, -0.2) is 4.39 Å². The number of hydrogen-bond donors (Lipinski definition) is 2. The molecule has 0 fully saturated rings. The number of halogens is 2. The number of benzene rings is 1. The third kappa shape index (κ3) is 3.61. The van der Waals surface area contributed by atoms with Gasteiger partial charge in [0.25, 0.3) is 0 Å². The van der Waals surface area contributed by atoms with Crippen LogP contribution in [0.4, 0.5) is 10.1 Å². The molecule has 1 aromatic rings. The highest BCUT2D eigenvalue weighted by Crippen LogP contribution is 2.25. The summed E-state index contributed by atoms with van der Waals surface area (Å²) in [6.07, 6.45) is 2.53. The molecule has 1 aromatic carbocycles. The van der Waals surface area contributed by atoms with Gasteiger partial charge in [-0.15, -0.1) is 12.4 Å². The maximum Gasteiger partial charge on any atom is 0.237 e. The summed E-state index contributed by atoms with van der Waals surface area (Å²) in [6.45, 7) is 3.28. The second kappa shape index (κ2) is 7.12. The van der Waals surface area contributed by atoms with Crippen LogP contribution >= 0.6 is 24.2 Å². The SMILES string of the molecule is CSC(C)C(=O)Nc1ccc2c(c1F)CCNC2.Cl. The molecule has 1 heterocycles. The van der Waals surface area contributed by atoms with Gasteiger partial charge in [-0.05, 0) is 43.3 Å². The van der Waals surface area contributed by atoms with Crippen molar-refractivity contribution in [1.82, 2.24) is 5.32 Å². The molecule has 2 rings (SSSR count). The Morgan fingerprint density at radius 1 is 1.53 bits per heavy atom. The van der Waals surface area contributed by atoms with Crippen molar-refractivity contribution in [1.29, 1.82) is 0 Å². The predicted molar refractivity (Wildman–Crippen MR) is 80.7 cm³/mol. The third-order valence-electron chi connectivity index (χ3n) is 3.19. The summed E-state index contributed by atoms with van der Waals surface area (Å²) in [7, 11) is 0. The Balaban J connectivity index is 0.00000180. The topological polar surface area (TPSA) is 41.1 Å². The van der Waals surface area contributed by atoms with Crippen molar-refractivity contribution in [3.8, 4) is 0 Å². The van der Waals surface area contributed by atoms with Crippen molar-refractivity contribution >= 4 is 35.8 Å². The van der Waals surface area contributed by atoms with Crippen LogP contribution < -0.4 is 10.6 Å². The van der Waals surface area contributed by atoms with Crippen molar-refractivity contribution in [3.05, 3.63) is 29.1 Å². The summed E-state index contributed by atoms with van der Waals surface area (Å²) in [5, 5.41) is 5.68. The molecule has 0 spiro atoms. The molecule has 106 valence electrons. The Kier molecular flexibility index (Phi) is 6.10. The molecular formula is C13H18ClFN2OS. The van der Waals surface area contributed by atoms with E-state index in [0.717, 1.165) is 17.7 Å². The number of rotatable bonds is 3. The standard InChI is InChI=1S/C13H17FN2OS.ClH/c1-8(18-2)13(17)16-11-4-3-9-7-15-6-5-10(9)12(11)14;/h3-4,8,15H,5-7H2,1-2H3,(H,16,17);1H. The molecule has 1 amide bonds. The van der Waals surface area contributed by atoms with Crippen LogP contribution in [0.1, 0.15) is 18.1 Å². The fourth-order valence-corrected chi connectivity index (χ4v) is 2.24. The maximum atomic E-state index is 14.2. The Hall–Kier alpha value is -0.780. The molecule has 1 atom stereocenters.